The van der Waals surface area contributed by atoms with Gasteiger partial charge in [0.25, 0.3) is 5.91 Å². The molecule has 2 aliphatic rings. The first-order chi connectivity index (χ1) is 16.0. The van der Waals surface area contributed by atoms with Crippen molar-refractivity contribution in [2.75, 3.05) is 13.1 Å². The molecular weight excluding hydrogens is 416 g/mol. The van der Waals surface area contributed by atoms with Crippen LogP contribution < -0.4 is 16.4 Å². The number of amidine groups is 1. The summed E-state index contributed by atoms with van der Waals surface area (Å²) in [6.45, 7) is 1.81. The van der Waals surface area contributed by atoms with Gasteiger partial charge in [0, 0.05) is 17.2 Å². The first-order valence-electron chi connectivity index (χ1n) is 11.8. The number of hydrogen-bond donors (Lipinski definition) is 4. The van der Waals surface area contributed by atoms with Crippen molar-refractivity contribution in [3.05, 3.63) is 59.7 Å². The number of benzene rings is 2. The van der Waals surface area contributed by atoms with Crippen LogP contribution in [0.5, 0.6) is 0 Å². The summed E-state index contributed by atoms with van der Waals surface area (Å²) >= 11 is 0. The van der Waals surface area contributed by atoms with E-state index in [2.05, 4.69) is 10.6 Å². The topological polar surface area (TPSA) is 117 Å². The zero-order valence-corrected chi connectivity index (χ0v) is 18.8. The molecule has 0 spiro atoms. The van der Waals surface area contributed by atoms with Gasteiger partial charge in [0.05, 0.1) is 5.92 Å². The summed E-state index contributed by atoms with van der Waals surface area (Å²) in [6, 6.07) is 15.0. The van der Waals surface area contributed by atoms with E-state index in [-0.39, 0.29) is 35.8 Å². The van der Waals surface area contributed by atoms with Crippen molar-refractivity contribution in [1.29, 1.82) is 5.41 Å². The third-order valence-corrected chi connectivity index (χ3v) is 6.64. The average Bonchev–Trinajstić information content (AvgIpc) is 2.85. The second-order valence-corrected chi connectivity index (χ2v) is 8.98. The Morgan fingerprint density at radius 2 is 1.39 bits per heavy atom. The van der Waals surface area contributed by atoms with Crippen LogP contribution in [0.15, 0.2) is 48.5 Å². The third kappa shape index (κ3) is 5.99. The minimum absolute atomic E-state index is 0.0428. The highest BCUT2D eigenvalue weighted by Crippen LogP contribution is 2.27. The molecular formula is C26H32N4O3. The van der Waals surface area contributed by atoms with E-state index >= 15 is 0 Å². The standard InChI is InChI=1S/C26H32N4O3/c27-24(28)19-5-1-17(2-6-19)18-3-7-20(8-4-18)25(31)30-22-11-9-21(10-12-22)26(32)33-23-13-15-29-16-14-23/h1-8,21-23,29H,9-16H2,(H3,27,28)(H,30,31). The maximum atomic E-state index is 12.7. The second-order valence-electron chi connectivity index (χ2n) is 8.98. The van der Waals surface area contributed by atoms with E-state index in [0.29, 0.717) is 11.1 Å². The number of carbonyl (C=O) groups is 2. The smallest absolute Gasteiger partial charge is 0.309 e. The van der Waals surface area contributed by atoms with Gasteiger partial charge in [-0.2, -0.15) is 0 Å². The van der Waals surface area contributed by atoms with E-state index in [1.165, 1.54) is 0 Å². The number of nitrogen functional groups attached to an aromatic ring is 1. The molecule has 1 aliphatic carbocycles. The molecule has 33 heavy (non-hydrogen) atoms. The van der Waals surface area contributed by atoms with Crippen molar-refractivity contribution in [2.45, 2.75) is 50.7 Å². The minimum atomic E-state index is -0.0887. The van der Waals surface area contributed by atoms with Gasteiger partial charge in [-0.1, -0.05) is 36.4 Å². The molecule has 4 rings (SSSR count). The average molecular weight is 449 g/mol. The largest absolute Gasteiger partial charge is 0.462 e. The molecule has 0 radical (unpaired) electrons. The number of nitrogens with one attached hydrogen (secondary N) is 3. The summed E-state index contributed by atoms with van der Waals surface area (Å²) in [5.74, 6) is -0.171. The molecule has 174 valence electrons. The number of hydrogen-bond acceptors (Lipinski definition) is 5. The fraction of sp³-hybridized carbons (Fsp3) is 0.423. The Balaban J connectivity index is 1.25. The minimum Gasteiger partial charge on any atom is -0.462 e. The number of amides is 1. The molecule has 0 aromatic heterocycles. The molecule has 1 saturated heterocycles. The lowest BCUT2D eigenvalue weighted by Gasteiger charge is -2.30. The number of ether oxygens (including phenoxy) is 1. The first kappa shape index (κ1) is 23.0. The Kier molecular flexibility index (Phi) is 7.40. The van der Waals surface area contributed by atoms with Crippen molar-refractivity contribution in [1.82, 2.24) is 10.6 Å². The van der Waals surface area contributed by atoms with Crippen molar-refractivity contribution in [3.63, 3.8) is 0 Å². The molecule has 7 heteroatoms. The number of nitrogens with two attached hydrogens (primary N) is 1. The van der Waals surface area contributed by atoms with Crippen LogP contribution in [0.4, 0.5) is 0 Å². The summed E-state index contributed by atoms with van der Waals surface area (Å²) in [6.07, 6.45) is 4.91. The Morgan fingerprint density at radius 1 is 0.848 bits per heavy atom. The highest BCUT2D eigenvalue weighted by molar-refractivity contribution is 5.96. The predicted molar refractivity (Wildman–Crippen MR) is 128 cm³/mol. The van der Waals surface area contributed by atoms with Crippen LogP contribution in [-0.4, -0.2) is 42.9 Å². The molecule has 1 heterocycles. The SMILES string of the molecule is N=C(N)c1ccc(-c2ccc(C(=O)NC3CCC(C(=O)OC4CCNCC4)CC3)cc2)cc1. The highest BCUT2D eigenvalue weighted by Gasteiger charge is 2.30. The van der Waals surface area contributed by atoms with E-state index in [1.54, 1.807) is 0 Å². The lowest BCUT2D eigenvalue weighted by atomic mass is 9.86. The summed E-state index contributed by atoms with van der Waals surface area (Å²) in [5, 5.41) is 13.9. The lowest BCUT2D eigenvalue weighted by Crippen LogP contribution is -2.40. The number of carbonyl (C=O) groups excluding carboxylic acids is 2. The van der Waals surface area contributed by atoms with Gasteiger partial charge in [0.1, 0.15) is 11.9 Å². The third-order valence-electron chi connectivity index (χ3n) is 6.64. The maximum Gasteiger partial charge on any atom is 0.309 e. The summed E-state index contributed by atoms with van der Waals surface area (Å²) < 4.78 is 5.70. The predicted octanol–water partition coefficient (Wildman–Crippen LogP) is 3.22. The Morgan fingerprint density at radius 3 is 1.94 bits per heavy atom. The molecule has 2 aromatic rings. The number of piperidine rings is 1. The molecule has 2 fully saturated rings. The van der Waals surface area contributed by atoms with Crippen LogP contribution in [0.2, 0.25) is 0 Å². The van der Waals surface area contributed by atoms with Crippen molar-refractivity contribution < 1.29 is 14.3 Å². The highest BCUT2D eigenvalue weighted by atomic mass is 16.5. The van der Waals surface area contributed by atoms with Crippen LogP contribution in [0, 0.1) is 11.3 Å². The van der Waals surface area contributed by atoms with Gasteiger partial charge in [0.15, 0.2) is 0 Å². The molecule has 7 nitrogen and oxygen atoms in total. The van der Waals surface area contributed by atoms with E-state index in [9.17, 15) is 9.59 Å². The molecule has 1 saturated carbocycles. The quantitative estimate of drug-likeness (QED) is 0.308. The first-order valence-corrected chi connectivity index (χ1v) is 11.8. The molecule has 0 unspecified atom stereocenters. The van der Waals surface area contributed by atoms with Crippen molar-refractivity contribution in [2.24, 2.45) is 11.7 Å². The van der Waals surface area contributed by atoms with Crippen LogP contribution >= 0.6 is 0 Å². The summed E-state index contributed by atoms with van der Waals surface area (Å²) in [7, 11) is 0. The van der Waals surface area contributed by atoms with Crippen LogP contribution in [-0.2, 0) is 9.53 Å². The van der Waals surface area contributed by atoms with Gasteiger partial charge in [0.2, 0.25) is 0 Å². The Bertz CT molecular complexity index is 974. The van der Waals surface area contributed by atoms with Gasteiger partial charge >= 0.3 is 5.97 Å². The van der Waals surface area contributed by atoms with Crippen molar-refractivity contribution >= 4 is 17.7 Å². The number of rotatable bonds is 6. The van der Waals surface area contributed by atoms with E-state index < -0.39 is 0 Å². The van der Waals surface area contributed by atoms with E-state index in [1.807, 2.05) is 48.5 Å². The second kappa shape index (κ2) is 10.6. The molecule has 5 N–H and O–H groups in total. The van der Waals surface area contributed by atoms with Gasteiger partial charge in [-0.25, -0.2) is 0 Å². The van der Waals surface area contributed by atoms with Crippen molar-refractivity contribution in [3.8, 4) is 11.1 Å². The maximum absolute atomic E-state index is 12.7. The fourth-order valence-electron chi connectivity index (χ4n) is 4.57. The van der Waals surface area contributed by atoms with Gasteiger partial charge < -0.3 is 21.1 Å². The molecule has 0 bridgehead atoms. The zero-order chi connectivity index (χ0) is 23.2. The van der Waals surface area contributed by atoms with Gasteiger partial charge in [-0.15, -0.1) is 0 Å². The van der Waals surface area contributed by atoms with E-state index in [0.717, 1.165) is 62.7 Å². The molecule has 2 aromatic carbocycles. The van der Waals surface area contributed by atoms with Crippen LogP contribution in [0.1, 0.15) is 54.4 Å². The normalized spacial score (nSPS) is 21.2. The zero-order valence-electron chi connectivity index (χ0n) is 18.8. The van der Waals surface area contributed by atoms with Gasteiger partial charge in [-0.3, -0.25) is 15.0 Å². The summed E-state index contributed by atoms with van der Waals surface area (Å²) in [5.41, 5.74) is 8.80. The Labute approximate surface area is 194 Å². The Hall–Kier alpha value is -3.19. The van der Waals surface area contributed by atoms with E-state index in [4.69, 9.17) is 15.9 Å². The monoisotopic (exact) mass is 448 g/mol. The molecule has 1 aliphatic heterocycles. The number of esters is 1. The van der Waals surface area contributed by atoms with Crippen LogP contribution in [0.3, 0.4) is 0 Å². The molecule has 0 atom stereocenters. The molecule has 1 amide bonds. The summed E-state index contributed by atoms with van der Waals surface area (Å²) in [4.78, 5) is 25.2. The lowest BCUT2D eigenvalue weighted by molar-refractivity contribution is -0.156. The van der Waals surface area contributed by atoms with Crippen LogP contribution in [0.25, 0.3) is 11.1 Å². The fourth-order valence-corrected chi connectivity index (χ4v) is 4.57. The van der Waals surface area contributed by atoms with Gasteiger partial charge in [-0.05, 0) is 74.9 Å².